The topological polar surface area (TPSA) is 128 Å². The van der Waals surface area contributed by atoms with Gasteiger partial charge in [0, 0.05) is 61.5 Å². The van der Waals surface area contributed by atoms with E-state index < -0.39 is 0 Å². The molecule has 0 spiro atoms. The molecule has 0 radical (unpaired) electrons. The smallest absolute Gasteiger partial charge is 0.255 e. The van der Waals surface area contributed by atoms with E-state index in [0.29, 0.717) is 36.4 Å². The van der Waals surface area contributed by atoms with Crippen LogP contribution in [-0.2, 0) is 7.05 Å². The van der Waals surface area contributed by atoms with Gasteiger partial charge in [-0.1, -0.05) is 24.3 Å². The number of likely N-dealkylation sites (tertiary alicyclic amines) is 1. The van der Waals surface area contributed by atoms with Crippen LogP contribution < -0.4 is 15.8 Å². The second-order valence-corrected chi connectivity index (χ2v) is 10.2. The van der Waals surface area contributed by atoms with E-state index in [1.165, 1.54) is 0 Å². The van der Waals surface area contributed by atoms with Crippen molar-refractivity contribution in [2.24, 2.45) is 7.05 Å². The number of nitrogens with zero attached hydrogens (tertiary/aromatic N) is 5. The maximum atomic E-state index is 13.2. The summed E-state index contributed by atoms with van der Waals surface area (Å²) in [6.07, 6.45) is 9.19. The van der Waals surface area contributed by atoms with Gasteiger partial charge in [0.15, 0.2) is 0 Å². The van der Waals surface area contributed by atoms with Crippen LogP contribution in [0.4, 0.5) is 5.82 Å². The normalized spacial score (nSPS) is 14.5. The molecule has 3 aromatic heterocycles. The van der Waals surface area contributed by atoms with Gasteiger partial charge in [0.25, 0.3) is 11.8 Å². The molecule has 1 aliphatic rings. The quantitative estimate of drug-likeness (QED) is 0.299. The van der Waals surface area contributed by atoms with Gasteiger partial charge in [0.2, 0.25) is 0 Å². The first kappa shape index (κ1) is 26.7. The van der Waals surface area contributed by atoms with E-state index in [-0.39, 0.29) is 23.7 Å². The van der Waals surface area contributed by atoms with Crippen LogP contribution in [0.3, 0.4) is 0 Å². The highest BCUT2D eigenvalue weighted by Crippen LogP contribution is 2.27. The number of nitrogen functional groups attached to an aromatic ring is 1. The van der Waals surface area contributed by atoms with Crippen LogP contribution in [0.25, 0.3) is 22.3 Å². The molecule has 3 N–H and O–H groups in total. The molecule has 1 atom stereocenters. The van der Waals surface area contributed by atoms with Crippen LogP contribution in [0.2, 0.25) is 0 Å². The van der Waals surface area contributed by atoms with E-state index in [1.807, 2.05) is 73.9 Å². The van der Waals surface area contributed by atoms with Crippen molar-refractivity contribution in [2.75, 3.05) is 18.8 Å². The number of hydrogen-bond donors (Lipinski definition) is 2. The summed E-state index contributed by atoms with van der Waals surface area (Å²) in [6.45, 7) is 0.966. The Bertz CT molecular complexity index is 1720. The predicted octanol–water partition coefficient (Wildman–Crippen LogP) is 4.56. The lowest BCUT2D eigenvalue weighted by atomic mass is 10.0. The molecule has 42 heavy (non-hydrogen) atoms. The number of benzene rings is 2. The third-order valence-electron chi connectivity index (χ3n) is 7.20. The number of aromatic nitrogens is 4. The van der Waals surface area contributed by atoms with Gasteiger partial charge in [-0.15, -0.1) is 0 Å². The zero-order valence-electron chi connectivity index (χ0n) is 23.0. The summed E-state index contributed by atoms with van der Waals surface area (Å²) in [7, 11) is 1.82. The molecule has 0 aliphatic carbocycles. The number of carbonyl (C=O) groups is 2. The zero-order chi connectivity index (χ0) is 29.1. The van der Waals surface area contributed by atoms with Gasteiger partial charge in [-0.2, -0.15) is 5.10 Å². The highest BCUT2D eigenvalue weighted by molar-refractivity contribution is 6.00. The number of pyridine rings is 2. The Balaban J connectivity index is 1.06. The lowest BCUT2D eigenvalue weighted by Gasteiger charge is -2.18. The number of nitrogens with two attached hydrogens (primary N) is 1. The molecule has 0 unspecified atom stereocenters. The second kappa shape index (κ2) is 11.5. The number of aryl methyl sites for hydroxylation is 1. The Morgan fingerprint density at radius 3 is 2.38 bits per heavy atom. The summed E-state index contributed by atoms with van der Waals surface area (Å²) in [6, 6.07) is 20.5. The number of amides is 2. The van der Waals surface area contributed by atoms with Crippen LogP contribution in [0.5, 0.6) is 11.5 Å². The predicted molar refractivity (Wildman–Crippen MR) is 159 cm³/mol. The molecule has 1 saturated heterocycles. The van der Waals surface area contributed by atoms with E-state index in [1.54, 1.807) is 40.4 Å². The summed E-state index contributed by atoms with van der Waals surface area (Å²) in [5, 5.41) is 7.19. The van der Waals surface area contributed by atoms with Crippen LogP contribution in [0.15, 0.2) is 97.7 Å². The monoisotopic (exact) mass is 559 g/mol. The molecule has 1 fully saturated rings. The van der Waals surface area contributed by atoms with E-state index in [2.05, 4.69) is 20.4 Å². The molecular weight excluding hydrogens is 530 g/mol. The second-order valence-electron chi connectivity index (χ2n) is 10.2. The number of anilines is 1. The first-order valence-corrected chi connectivity index (χ1v) is 13.6. The summed E-state index contributed by atoms with van der Waals surface area (Å²) in [5.41, 5.74) is 10.5. The third-order valence-corrected chi connectivity index (χ3v) is 7.20. The highest BCUT2D eigenvalue weighted by Gasteiger charge is 2.29. The lowest BCUT2D eigenvalue weighted by Crippen LogP contribution is -2.38. The minimum absolute atomic E-state index is 0.0710. The molecule has 0 saturated carbocycles. The summed E-state index contributed by atoms with van der Waals surface area (Å²) in [4.78, 5) is 36.3. The largest absolute Gasteiger partial charge is 0.456 e. The summed E-state index contributed by atoms with van der Waals surface area (Å²) >= 11 is 0. The molecular formula is C32H29N7O3. The van der Waals surface area contributed by atoms with Crippen LogP contribution in [0, 0.1) is 0 Å². The Labute approximate surface area is 242 Å². The van der Waals surface area contributed by atoms with E-state index >= 15 is 0 Å². The molecule has 4 heterocycles. The minimum Gasteiger partial charge on any atom is -0.456 e. The van der Waals surface area contributed by atoms with Gasteiger partial charge in [-0.3, -0.25) is 19.3 Å². The van der Waals surface area contributed by atoms with Gasteiger partial charge >= 0.3 is 0 Å². The molecule has 1 aliphatic heterocycles. The fraction of sp³-hybridized carbons (Fsp3) is 0.156. The molecule has 10 heteroatoms. The van der Waals surface area contributed by atoms with E-state index in [9.17, 15) is 9.59 Å². The number of carbonyl (C=O) groups excluding carboxylic acids is 2. The third kappa shape index (κ3) is 5.83. The van der Waals surface area contributed by atoms with Gasteiger partial charge in [-0.05, 0) is 60.0 Å². The molecule has 6 rings (SSSR count). The molecule has 2 aromatic carbocycles. The van der Waals surface area contributed by atoms with Crippen molar-refractivity contribution in [1.82, 2.24) is 30.0 Å². The summed E-state index contributed by atoms with van der Waals surface area (Å²) in [5.74, 6) is 1.16. The molecule has 10 nitrogen and oxygen atoms in total. The maximum absolute atomic E-state index is 13.2. The number of nitrogens with one attached hydrogen (secondary N) is 1. The molecule has 0 bridgehead atoms. The Hall–Kier alpha value is -5.51. The van der Waals surface area contributed by atoms with Crippen molar-refractivity contribution >= 4 is 17.6 Å². The first-order valence-electron chi connectivity index (χ1n) is 13.6. The number of hydrogen-bond acceptors (Lipinski definition) is 7. The van der Waals surface area contributed by atoms with Gasteiger partial charge in [-0.25, -0.2) is 4.98 Å². The molecule has 210 valence electrons. The summed E-state index contributed by atoms with van der Waals surface area (Å²) < 4.78 is 7.50. The van der Waals surface area contributed by atoms with Crippen LogP contribution >= 0.6 is 0 Å². The van der Waals surface area contributed by atoms with E-state index in [0.717, 1.165) is 28.0 Å². The average Bonchev–Trinajstić information content (AvgIpc) is 3.67. The molecule has 5 aromatic rings. The van der Waals surface area contributed by atoms with Gasteiger partial charge in [0.05, 0.1) is 18.0 Å². The Morgan fingerprint density at radius 1 is 0.929 bits per heavy atom. The zero-order valence-corrected chi connectivity index (χ0v) is 23.0. The maximum Gasteiger partial charge on any atom is 0.255 e. The van der Waals surface area contributed by atoms with Crippen molar-refractivity contribution in [1.29, 1.82) is 0 Å². The van der Waals surface area contributed by atoms with Crippen LogP contribution in [0.1, 0.15) is 27.1 Å². The van der Waals surface area contributed by atoms with Crippen molar-refractivity contribution < 1.29 is 14.3 Å². The van der Waals surface area contributed by atoms with Crippen molar-refractivity contribution in [3.8, 4) is 33.8 Å². The SMILES string of the molecule is Cn1cc(-c2cnc(N)c(C(=O)N[C@@H]3CCN(C(=O)c4ccc(-c5ccc(Oc6cccnc6)cc5)cc4)C3)c2)cn1. The highest BCUT2D eigenvalue weighted by atomic mass is 16.5. The van der Waals surface area contributed by atoms with Crippen LogP contribution in [-0.4, -0.2) is 55.6 Å². The molecule has 2 amide bonds. The van der Waals surface area contributed by atoms with Gasteiger partial charge in [0.1, 0.15) is 17.3 Å². The fourth-order valence-electron chi connectivity index (χ4n) is 4.96. The van der Waals surface area contributed by atoms with Crippen molar-refractivity contribution in [2.45, 2.75) is 12.5 Å². The minimum atomic E-state index is -0.314. The Kier molecular flexibility index (Phi) is 7.33. The number of ether oxygens (including phenoxy) is 1. The van der Waals surface area contributed by atoms with E-state index in [4.69, 9.17) is 10.5 Å². The average molecular weight is 560 g/mol. The van der Waals surface area contributed by atoms with Gasteiger partial charge < -0.3 is 20.7 Å². The van der Waals surface area contributed by atoms with Crippen molar-refractivity contribution in [3.05, 3.63) is 109 Å². The standard InChI is InChI=1S/C32H29N7O3/c1-38-19-25(17-36-38)24-15-29(30(33)35-16-24)31(40)37-26-12-14-39(20-26)32(41)23-6-4-21(5-7-23)22-8-10-27(11-9-22)42-28-3-2-13-34-18-28/h2-11,13,15-19,26H,12,14,20H2,1H3,(H2,33,35)(H,37,40)/t26-/m1/s1. The lowest BCUT2D eigenvalue weighted by molar-refractivity contribution is 0.0783. The number of rotatable bonds is 7. The van der Waals surface area contributed by atoms with Crippen molar-refractivity contribution in [3.63, 3.8) is 0 Å². The first-order chi connectivity index (χ1) is 20.4. The fourth-order valence-corrected chi connectivity index (χ4v) is 4.96. The Morgan fingerprint density at radius 2 is 1.69 bits per heavy atom.